The summed E-state index contributed by atoms with van der Waals surface area (Å²) in [5.74, 6) is -0.804. The molecule has 0 spiro atoms. The van der Waals surface area contributed by atoms with Gasteiger partial charge in [-0.3, -0.25) is 24.3 Å². The molecule has 1 aliphatic heterocycles. The summed E-state index contributed by atoms with van der Waals surface area (Å²) in [5.41, 5.74) is 1.42. The monoisotopic (exact) mass is 387 g/mol. The van der Waals surface area contributed by atoms with Crippen molar-refractivity contribution in [1.82, 2.24) is 9.88 Å². The van der Waals surface area contributed by atoms with Crippen LogP contribution in [0.3, 0.4) is 0 Å². The molecule has 122 valence electrons. The summed E-state index contributed by atoms with van der Waals surface area (Å²) in [4.78, 5) is 41.6. The lowest BCUT2D eigenvalue weighted by Crippen LogP contribution is -2.31. The zero-order valence-corrected chi connectivity index (χ0v) is 14.2. The van der Waals surface area contributed by atoms with E-state index in [1.165, 1.54) is 4.90 Å². The fourth-order valence-electron chi connectivity index (χ4n) is 2.52. The quantitative estimate of drug-likeness (QED) is 0.799. The Kier molecular flexibility index (Phi) is 4.71. The maximum Gasteiger partial charge on any atom is 0.261 e. The van der Waals surface area contributed by atoms with E-state index < -0.39 is 0 Å². The number of hydrogen-bond acceptors (Lipinski definition) is 4. The Morgan fingerprint density at radius 3 is 2.71 bits per heavy atom. The first-order valence-electron chi connectivity index (χ1n) is 7.42. The predicted octanol–water partition coefficient (Wildman–Crippen LogP) is 2.86. The van der Waals surface area contributed by atoms with E-state index in [-0.39, 0.29) is 30.7 Å². The molecule has 3 rings (SSSR count). The molecule has 1 aromatic heterocycles. The van der Waals surface area contributed by atoms with Gasteiger partial charge in [0.1, 0.15) is 0 Å². The van der Waals surface area contributed by atoms with Gasteiger partial charge in [-0.1, -0.05) is 15.9 Å². The van der Waals surface area contributed by atoms with Gasteiger partial charge in [0.25, 0.3) is 11.8 Å². The summed E-state index contributed by atoms with van der Waals surface area (Å²) in [6, 6.07) is 8.48. The number of nitrogens with zero attached hydrogens (tertiary/aromatic N) is 2. The van der Waals surface area contributed by atoms with Gasteiger partial charge in [-0.15, -0.1) is 0 Å². The first-order valence-corrected chi connectivity index (χ1v) is 8.21. The highest BCUT2D eigenvalue weighted by molar-refractivity contribution is 9.10. The van der Waals surface area contributed by atoms with Crippen LogP contribution in [-0.4, -0.2) is 34.2 Å². The number of halogens is 1. The van der Waals surface area contributed by atoms with Crippen LogP contribution in [0.25, 0.3) is 0 Å². The Morgan fingerprint density at radius 1 is 1.17 bits per heavy atom. The van der Waals surface area contributed by atoms with Crippen molar-refractivity contribution in [2.24, 2.45) is 0 Å². The summed E-state index contributed by atoms with van der Waals surface area (Å²) >= 11 is 3.30. The van der Waals surface area contributed by atoms with Crippen LogP contribution in [0.2, 0.25) is 0 Å². The second-order valence-corrected chi connectivity index (χ2v) is 6.26. The number of carbonyl (C=O) groups excluding carboxylic acids is 3. The molecule has 0 bridgehead atoms. The molecule has 0 radical (unpaired) electrons. The minimum Gasteiger partial charge on any atom is -0.325 e. The number of rotatable bonds is 5. The van der Waals surface area contributed by atoms with Gasteiger partial charge in [0.15, 0.2) is 0 Å². The molecule has 2 aromatic rings. The van der Waals surface area contributed by atoms with Gasteiger partial charge in [0.05, 0.1) is 23.0 Å². The molecule has 6 nitrogen and oxygen atoms in total. The minimum atomic E-state index is -0.316. The van der Waals surface area contributed by atoms with E-state index in [0.717, 1.165) is 4.47 Å². The molecular formula is C17H14BrN3O3. The maximum atomic E-state index is 12.3. The number of pyridine rings is 1. The second-order valence-electron chi connectivity index (χ2n) is 5.35. The zero-order chi connectivity index (χ0) is 17.1. The average molecular weight is 388 g/mol. The Labute approximate surface area is 147 Å². The second kappa shape index (κ2) is 6.92. The first-order chi connectivity index (χ1) is 11.6. The number of carbonyl (C=O) groups is 3. The SMILES string of the molecule is O=C(CCCN1C(=O)c2ccc(Br)cc2C1=O)Nc1cccnc1. The van der Waals surface area contributed by atoms with Gasteiger partial charge in [-0.25, -0.2) is 0 Å². The lowest BCUT2D eigenvalue weighted by Gasteiger charge is -2.13. The van der Waals surface area contributed by atoms with Crippen molar-refractivity contribution in [3.8, 4) is 0 Å². The Hall–Kier alpha value is -2.54. The standard InChI is InChI=1S/C17H14BrN3O3/c18-11-5-6-13-14(9-11)17(24)21(16(13)23)8-2-4-15(22)20-12-3-1-7-19-10-12/h1,3,5-7,9-10H,2,4,8H2,(H,20,22). The summed E-state index contributed by atoms with van der Waals surface area (Å²) in [6.45, 7) is 0.213. The number of nitrogens with one attached hydrogen (secondary N) is 1. The van der Waals surface area contributed by atoms with Crippen LogP contribution in [-0.2, 0) is 4.79 Å². The van der Waals surface area contributed by atoms with Gasteiger partial charge < -0.3 is 5.32 Å². The van der Waals surface area contributed by atoms with E-state index in [4.69, 9.17) is 0 Å². The van der Waals surface area contributed by atoms with E-state index in [2.05, 4.69) is 26.2 Å². The lowest BCUT2D eigenvalue weighted by atomic mass is 10.1. The fourth-order valence-corrected chi connectivity index (χ4v) is 2.89. The van der Waals surface area contributed by atoms with Crippen LogP contribution in [0.4, 0.5) is 5.69 Å². The van der Waals surface area contributed by atoms with E-state index in [9.17, 15) is 14.4 Å². The highest BCUT2D eigenvalue weighted by Gasteiger charge is 2.35. The normalized spacial score (nSPS) is 13.1. The van der Waals surface area contributed by atoms with Crippen molar-refractivity contribution >= 4 is 39.3 Å². The Bertz CT molecular complexity index is 808. The number of imide groups is 1. The van der Waals surface area contributed by atoms with E-state index in [1.54, 1.807) is 42.7 Å². The van der Waals surface area contributed by atoms with Crippen LogP contribution in [0.15, 0.2) is 47.2 Å². The molecule has 0 aliphatic carbocycles. The van der Waals surface area contributed by atoms with E-state index in [1.807, 2.05) is 0 Å². The largest absolute Gasteiger partial charge is 0.325 e. The van der Waals surface area contributed by atoms with Gasteiger partial charge in [-0.05, 0) is 36.8 Å². The van der Waals surface area contributed by atoms with Gasteiger partial charge >= 0.3 is 0 Å². The number of anilines is 1. The van der Waals surface area contributed by atoms with Crippen LogP contribution < -0.4 is 5.32 Å². The van der Waals surface area contributed by atoms with Crippen molar-refractivity contribution in [3.63, 3.8) is 0 Å². The first kappa shape index (κ1) is 16.3. The summed E-state index contributed by atoms with van der Waals surface area (Å²) in [6.07, 6.45) is 3.79. The Balaban J connectivity index is 1.55. The molecule has 1 aromatic carbocycles. The molecule has 0 unspecified atom stereocenters. The molecule has 1 N–H and O–H groups in total. The summed E-state index contributed by atoms with van der Waals surface area (Å²) in [7, 11) is 0. The van der Waals surface area contributed by atoms with Gasteiger partial charge in [-0.2, -0.15) is 0 Å². The maximum absolute atomic E-state index is 12.3. The van der Waals surface area contributed by atoms with Crippen LogP contribution in [0, 0.1) is 0 Å². The fraction of sp³-hybridized carbons (Fsp3) is 0.176. The number of aromatic nitrogens is 1. The molecule has 0 fully saturated rings. The molecule has 24 heavy (non-hydrogen) atoms. The van der Waals surface area contributed by atoms with Crippen LogP contribution >= 0.6 is 15.9 Å². The number of amides is 3. The number of benzene rings is 1. The average Bonchev–Trinajstić information content (AvgIpc) is 2.80. The topological polar surface area (TPSA) is 79.4 Å². The predicted molar refractivity (Wildman–Crippen MR) is 91.6 cm³/mol. The van der Waals surface area contributed by atoms with Crippen molar-refractivity contribution < 1.29 is 14.4 Å². The van der Waals surface area contributed by atoms with Gasteiger partial charge in [0.2, 0.25) is 5.91 Å². The number of hydrogen-bond donors (Lipinski definition) is 1. The third kappa shape index (κ3) is 3.35. The van der Waals surface area contributed by atoms with E-state index >= 15 is 0 Å². The highest BCUT2D eigenvalue weighted by Crippen LogP contribution is 2.26. The van der Waals surface area contributed by atoms with Crippen molar-refractivity contribution in [2.45, 2.75) is 12.8 Å². The van der Waals surface area contributed by atoms with Gasteiger partial charge in [0, 0.05) is 23.6 Å². The molecule has 0 saturated heterocycles. The zero-order valence-electron chi connectivity index (χ0n) is 12.7. The highest BCUT2D eigenvalue weighted by atomic mass is 79.9. The van der Waals surface area contributed by atoms with Crippen molar-refractivity contribution in [3.05, 3.63) is 58.3 Å². The summed E-state index contributed by atoms with van der Waals surface area (Å²) < 4.78 is 0.750. The summed E-state index contributed by atoms with van der Waals surface area (Å²) in [5, 5.41) is 2.72. The van der Waals surface area contributed by atoms with Crippen molar-refractivity contribution in [2.75, 3.05) is 11.9 Å². The molecule has 0 saturated carbocycles. The minimum absolute atomic E-state index is 0.178. The molecule has 2 heterocycles. The van der Waals surface area contributed by atoms with Crippen molar-refractivity contribution in [1.29, 1.82) is 0 Å². The third-order valence-electron chi connectivity index (χ3n) is 3.66. The molecule has 0 atom stereocenters. The lowest BCUT2D eigenvalue weighted by molar-refractivity contribution is -0.116. The van der Waals surface area contributed by atoms with Crippen LogP contribution in [0.5, 0.6) is 0 Å². The number of fused-ring (bicyclic) bond motifs is 1. The molecule has 1 aliphatic rings. The molecule has 3 amide bonds. The smallest absolute Gasteiger partial charge is 0.261 e. The Morgan fingerprint density at radius 2 is 1.96 bits per heavy atom. The molecule has 7 heteroatoms. The molecular weight excluding hydrogens is 374 g/mol. The van der Waals surface area contributed by atoms with E-state index in [0.29, 0.717) is 23.2 Å². The third-order valence-corrected chi connectivity index (χ3v) is 4.16. The van der Waals surface area contributed by atoms with Crippen LogP contribution in [0.1, 0.15) is 33.6 Å².